The van der Waals surface area contributed by atoms with E-state index in [0.717, 1.165) is 14.7 Å². The van der Waals surface area contributed by atoms with Crippen molar-refractivity contribution >= 4 is 35.3 Å². The molecule has 0 amide bonds. The summed E-state index contributed by atoms with van der Waals surface area (Å²) in [5, 5.41) is 10.6. The predicted molar refractivity (Wildman–Crippen MR) is 145 cm³/mol. The summed E-state index contributed by atoms with van der Waals surface area (Å²) in [6.45, 7) is 0. The zero-order chi connectivity index (χ0) is 25.9. The zero-order valence-electron chi connectivity index (χ0n) is 20.2. The molecule has 4 aromatic carbocycles. The Labute approximate surface area is 223 Å². The number of carboxylic acid groups (broad SMARTS) is 1. The van der Waals surface area contributed by atoms with E-state index in [-0.39, 0.29) is 5.78 Å². The van der Waals surface area contributed by atoms with Gasteiger partial charge in [-0.2, -0.15) is 0 Å². The second-order valence-corrected chi connectivity index (χ2v) is 10.6. The smallest absolute Gasteiger partial charge is 0.312 e. The topological polar surface area (TPSA) is 72.8 Å². The molecule has 0 bridgehead atoms. The summed E-state index contributed by atoms with van der Waals surface area (Å²) in [7, 11) is 3.18. The molecule has 5 nitrogen and oxygen atoms in total. The molecule has 1 aliphatic heterocycles. The van der Waals surface area contributed by atoms with Crippen LogP contribution in [0.4, 0.5) is 0 Å². The summed E-state index contributed by atoms with van der Waals surface area (Å²) in [6, 6.07) is 27.8. The van der Waals surface area contributed by atoms with Crippen LogP contribution in [0.15, 0.2) is 111 Å². The van der Waals surface area contributed by atoms with E-state index < -0.39 is 17.8 Å². The fourth-order valence-electron chi connectivity index (χ4n) is 4.66. The van der Waals surface area contributed by atoms with Crippen LogP contribution in [-0.4, -0.2) is 31.1 Å². The van der Waals surface area contributed by atoms with Crippen molar-refractivity contribution in [2.75, 3.05) is 14.2 Å². The first-order valence-corrected chi connectivity index (χ1v) is 13.3. The van der Waals surface area contributed by atoms with E-state index in [1.165, 1.54) is 23.5 Å². The van der Waals surface area contributed by atoms with Gasteiger partial charge < -0.3 is 14.6 Å². The molecule has 5 rings (SSSR count). The van der Waals surface area contributed by atoms with Gasteiger partial charge in [-0.1, -0.05) is 78.1 Å². The van der Waals surface area contributed by atoms with E-state index in [1.807, 2.05) is 72.8 Å². The molecule has 0 aromatic heterocycles. The molecular weight excluding hydrogens is 504 g/mol. The summed E-state index contributed by atoms with van der Waals surface area (Å²) in [6.07, 6.45) is 0. The van der Waals surface area contributed by atoms with E-state index in [2.05, 4.69) is 0 Å². The predicted octanol–water partition coefficient (Wildman–Crippen LogP) is 7.15. The Morgan fingerprint density at radius 1 is 0.838 bits per heavy atom. The van der Waals surface area contributed by atoms with Gasteiger partial charge in [-0.15, -0.1) is 0 Å². The molecule has 1 heterocycles. The second kappa shape index (κ2) is 10.7. The highest BCUT2D eigenvalue weighted by Gasteiger charge is 2.42. The monoisotopic (exact) mass is 528 g/mol. The van der Waals surface area contributed by atoms with Crippen LogP contribution >= 0.6 is 23.5 Å². The van der Waals surface area contributed by atoms with Gasteiger partial charge in [-0.25, -0.2) is 0 Å². The third-order valence-electron chi connectivity index (χ3n) is 6.36. The molecule has 2 atom stereocenters. The standard InChI is InChI=1S/C30H24O5S2/c1-34-21-13-5-8-17-25(21)36-23-15-6-4-11-19(23)27(30(32)33)26-18-10-3-7-16-24(18)37-29-20(28(26)31)12-9-14-22(29)35-2/h3-17,26-27H,1-2H3,(H,32,33). The van der Waals surface area contributed by atoms with E-state index in [0.29, 0.717) is 33.1 Å². The van der Waals surface area contributed by atoms with Crippen molar-refractivity contribution < 1.29 is 24.2 Å². The number of rotatable bonds is 7. The number of ketones is 1. The largest absolute Gasteiger partial charge is 0.496 e. The number of ether oxygens (including phenoxy) is 2. The maximum atomic E-state index is 14.2. The van der Waals surface area contributed by atoms with Crippen LogP contribution < -0.4 is 9.47 Å². The van der Waals surface area contributed by atoms with Crippen LogP contribution in [0.25, 0.3) is 0 Å². The van der Waals surface area contributed by atoms with E-state index >= 15 is 0 Å². The molecule has 0 saturated carbocycles. The number of benzene rings is 4. The summed E-state index contributed by atoms with van der Waals surface area (Å²) in [5.41, 5.74) is 1.74. The zero-order valence-corrected chi connectivity index (χ0v) is 21.8. The Morgan fingerprint density at radius 3 is 2.24 bits per heavy atom. The van der Waals surface area contributed by atoms with Crippen LogP contribution in [0.1, 0.15) is 33.3 Å². The normalized spacial score (nSPS) is 15.2. The SMILES string of the molecule is COc1ccccc1Sc1ccccc1C(C(=O)O)C1C(=O)c2cccc(OC)c2Sc2ccccc21. The van der Waals surface area contributed by atoms with Gasteiger partial charge in [0.15, 0.2) is 5.78 Å². The van der Waals surface area contributed by atoms with Gasteiger partial charge in [0.25, 0.3) is 0 Å². The van der Waals surface area contributed by atoms with Crippen LogP contribution in [0.5, 0.6) is 11.5 Å². The van der Waals surface area contributed by atoms with Gasteiger partial charge in [0.2, 0.25) is 0 Å². The minimum Gasteiger partial charge on any atom is -0.496 e. The Bertz CT molecular complexity index is 1480. The number of carbonyl (C=O) groups excluding carboxylic acids is 1. The van der Waals surface area contributed by atoms with Crippen LogP contribution in [-0.2, 0) is 4.79 Å². The lowest BCUT2D eigenvalue weighted by atomic mass is 9.77. The quantitative estimate of drug-likeness (QED) is 0.273. The molecule has 0 radical (unpaired) electrons. The van der Waals surface area contributed by atoms with Crippen molar-refractivity contribution in [3.05, 3.63) is 108 Å². The molecule has 37 heavy (non-hydrogen) atoms. The maximum absolute atomic E-state index is 14.2. The molecule has 2 unspecified atom stereocenters. The number of carbonyl (C=O) groups is 2. The summed E-state index contributed by atoms with van der Waals surface area (Å²) < 4.78 is 11.1. The van der Waals surface area contributed by atoms with Gasteiger partial charge in [0, 0.05) is 15.4 Å². The summed E-state index contributed by atoms with van der Waals surface area (Å²) >= 11 is 2.87. The molecule has 0 aliphatic carbocycles. The van der Waals surface area contributed by atoms with Gasteiger partial charge in [0.05, 0.1) is 35.8 Å². The van der Waals surface area contributed by atoms with E-state index in [1.54, 1.807) is 32.4 Å². The summed E-state index contributed by atoms with van der Waals surface area (Å²) in [4.78, 5) is 30.4. The minimum atomic E-state index is -1.11. The van der Waals surface area contributed by atoms with Gasteiger partial charge in [-0.05, 0) is 47.5 Å². The maximum Gasteiger partial charge on any atom is 0.312 e. The average molecular weight is 529 g/mol. The number of para-hydroxylation sites is 1. The first-order valence-electron chi connectivity index (χ1n) is 11.6. The van der Waals surface area contributed by atoms with E-state index in [9.17, 15) is 14.7 Å². The van der Waals surface area contributed by atoms with Crippen LogP contribution in [0, 0.1) is 0 Å². The molecule has 0 spiro atoms. The van der Waals surface area contributed by atoms with Crippen LogP contribution in [0.3, 0.4) is 0 Å². The lowest BCUT2D eigenvalue weighted by Gasteiger charge is -2.26. The fraction of sp³-hybridized carbons (Fsp3) is 0.133. The number of fused-ring (bicyclic) bond motifs is 2. The molecule has 7 heteroatoms. The Morgan fingerprint density at radius 2 is 1.49 bits per heavy atom. The van der Waals surface area contributed by atoms with Crippen molar-refractivity contribution in [2.45, 2.75) is 31.4 Å². The lowest BCUT2D eigenvalue weighted by molar-refractivity contribution is -0.139. The second-order valence-electron chi connectivity index (χ2n) is 8.43. The third-order valence-corrected chi connectivity index (χ3v) is 8.72. The number of carboxylic acids is 1. The number of hydrogen-bond donors (Lipinski definition) is 1. The molecule has 186 valence electrons. The summed E-state index contributed by atoms with van der Waals surface area (Å²) in [5.74, 6) is -2.04. The molecule has 0 fully saturated rings. The highest BCUT2D eigenvalue weighted by atomic mass is 32.2. The number of methoxy groups -OCH3 is 2. The van der Waals surface area contributed by atoms with Gasteiger partial charge in [-0.3, -0.25) is 9.59 Å². The minimum absolute atomic E-state index is 0.240. The first-order chi connectivity index (χ1) is 18.0. The highest BCUT2D eigenvalue weighted by molar-refractivity contribution is 7.99. The van der Waals surface area contributed by atoms with Crippen molar-refractivity contribution in [2.24, 2.45) is 0 Å². The van der Waals surface area contributed by atoms with Crippen molar-refractivity contribution in [3.8, 4) is 11.5 Å². The van der Waals surface area contributed by atoms with Crippen molar-refractivity contribution in [3.63, 3.8) is 0 Å². The molecular formula is C30H24O5S2. The van der Waals surface area contributed by atoms with Crippen molar-refractivity contribution in [1.29, 1.82) is 0 Å². The van der Waals surface area contributed by atoms with Crippen molar-refractivity contribution in [1.82, 2.24) is 0 Å². The Balaban J connectivity index is 1.69. The number of aliphatic carboxylic acids is 1. The van der Waals surface area contributed by atoms with Gasteiger partial charge in [0.1, 0.15) is 11.5 Å². The Kier molecular flexibility index (Phi) is 7.26. The molecule has 1 aliphatic rings. The molecule has 1 N–H and O–H groups in total. The average Bonchev–Trinajstić information content (AvgIpc) is 3.04. The number of Topliss-reactive ketones (excluding diaryl/α,β-unsaturated/α-hetero) is 1. The third kappa shape index (κ3) is 4.72. The lowest BCUT2D eigenvalue weighted by Crippen LogP contribution is -2.27. The van der Waals surface area contributed by atoms with E-state index in [4.69, 9.17) is 9.47 Å². The Hall–Kier alpha value is -3.68. The number of hydrogen-bond acceptors (Lipinski definition) is 6. The van der Waals surface area contributed by atoms with Crippen LogP contribution in [0.2, 0.25) is 0 Å². The van der Waals surface area contributed by atoms with Gasteiger partial charge >= 0.3 is 5.97 Å². The highest BCUT2D eigenvalue weighted by Crippen LogP contribution is 2.50. The molecule has 4 aromatic rings. The fourth-order valence-corrected chi connectivity index (χ4v) is 6.97. The molecule has 0 saturated heterocycles. The first kappa shape index (κ1) is 25.0.